The summed E-state index contributed by atoms with van der Waals surface area (Å²) in [5.74, 6) is 0.926. The minimum Gasteiger partial charge on any atom is -0.397 e. The van der Waals surface area contributed by atoms with Crippen LogP contribution < -0.4 is 10.6 Å². The fourth-order valence-electron chi connectivity index (χ4n) is 2.74. The van der Waals surface area contributed by atoms with Gasteiger partial charge in [-0.05, 0) is 36.8 Å². The lowest BCUT2D eigenvalue weighted by Gasteiger charge is -2.31. The first-order valence-electron chi connectivity index (χ1n) is 5.97. The second-order valence-corrected chi connectivity index (χ2v) is 4.85. The van der Waals surface area contributed by atoms with Crippen LogP contribution in [0.25, 0.3) is 0 Å². The number of benzene rings is 1. The van der Waals surface area contributed by atoms with E-state index in [1.807, 2.05) is 6.07 Å². The maximum absolute atomic E-state index is 6.06. The highest BCUT2D eigenvalue weighted by molar-refractivity contribution is 5.74. The number of hydrogen-bond donors (Lipinski definition) is 1. The molecule has 0 radical (unpaired) electrons. The Kier molecular flexibility index (Phi) is 2.08. The summed E-state index contributed by atoms with van der Waals surface area (Å²) < 4.78 is 0. The van der Waals surface area contributed by atoms with E-state index in [2.05, 4.69) is 17.0 Å². The zero-order chi connectivity index (χ0) is 10.3. The van der Waals surface area contributed by atoms with Gasteiger partial charge in [0.1, 0.15) is 0 Å². The van der Waals surface area contributed by atoms with Gasteiger partial charge in [-0.25, -0.2) is 0 Å². The van der Waals surface area contributed by atoms with Gasteiger partial charge in [-0.1, -0.05) is 18.6 Å². The minimum atomic E-state index is 0.926. The lowest BCUT2D eigenvalue weighted by molar-refractivity contribution is 0.319. The van der Waals surface area contributed by atoms with Gasteiger partial charge in [-0.15, -0.1) is 0 Å². The van der Waals surface area contributed by atoms with Crippen molar-refractivity contribution in [1.29, 1.82) is 0 Å². The van der Waals surface area contributed by atoms with Gasteiger partial charge in [0.15, 0.2) is 0 Å². The molecule has 1 aliphatic carbocycles. The number of hydrogen-bond acceptors (Lipinski definition) is 2. The molecule has 0 unspecified atom stereocenters. The normalized spacial score (nSPS) is 20.1. The molecule has 2 heteroatoms. The number of rotatable bonds is 2. The summed E-state index contributed by atoms with van der Waals surface area (Å²) in [5, 5.41) is 0. The number of nitrogens with two attached hydrogens (primary N) is 1. The fourth-order valence-corrected chi connectivity index (χ4v) is 2.74. The first-order valence-corrected chi connectivity index (χ1v) is 5.97. The van der Waals surface area contributed by atoms with Crippen molar-refractivity contribution in [1.82, 2.24) is 0 Å². The van der Waals surface area contributed by atoms with Crippen LogP contribution in [0, 0.1) is 5.92 Å². The molecule has 2 aliphatic rings. The quantitative estimate of drug-likeness (QED) is 0.746. The third kappa shape index (κ3) is 1.48. The van der Waals surface area contributed by atoms with Crippen molar-refractivity contribution in [3.8, 4) is 0 Å². The molecule has 0 bridgehead atoms. The van der Waals surface area contributed by atoms with Crippen molar-refractivity contribution >= 4 is 11.4 Å². The van der Waals surface area contributed by atoms with Crippen molar-refractivity contribution in [2.45, 2.75) is 25.7 Å². The molecular weight excluding hydrogens is 184 g/mol. The molecule has 2 N–H and O–H groups in total. The first kappa shape index (κ1) is 9.08. The molecule has 15 heavy (non-hydrogen) atoms. The Hall–Kier alpha value is -1.18. The lowest BCUT2D eigenvalue weighted by atomic mass is 9.85. The highest BCUT2D eigenvalue weighted by Gasteiger charge is 2.26. The fraction of sp³-hybridized carbons (Fsp3) is 0.538. The Morgan fingerprint density at radius 1 is 1.33 bits per heavy atom. The van der Waals surface area contributed by atoms with Gasteiger partial charge < -0.3 is 10.6 Å². The molecule has 1 aromatic carbocycles. The maximum atomic E-state index is 6.06. The predicted octanol–water partition coefficient (Wildman–Crippen LogP) is 2.43. The van der Waals surface area contributed by atoms with Crippen LogP contribution in [-0.4, -0.2) is 13.1 Å². The molecule has 1 aromatic rings. The minimum absolute atomic E-state index is 0.926. The largest absolute Gasteiger partial charge is 0.397 e. The number of fused-ring (bicyclic) bond motifs is 1. The van der Waals surface area contributed by atoms with Crippen LogP contribution in [0.2, 0.25) is 0 Å². The van der Waals surface area contributed by atoms with Gasteiger partial charge in [0.25, 0.3) is 0 Å². The summed E-state index contributed by atoms with van der Waals surface area (Å²) >= 11 is 0. The van der Waals surface area contributed by atoms with Crippen LogP contribution in [-0.2, 0) is 6.42 Å². The molecule has 0 atom stereocenters. The number of nitrogens with zero attached hydrogens (tertiary/aromatic N) is 1. The van der Waals surface area contributed by atoms with Gasteiger partial charge in [-0.3, -0.25) is 0 Å². The molecule has 0 aromatic heterocycles. The monoisotopic (exact) mass is 202 g/mol. The highest BCUT2D eigenvalue weighted by Crippen LogP contribution is 2.36. The summed E-state index contributed by atoms with van der Waals surface area (Å²) in [6.45, 7) is 2.39. The van der Waals surface area contributed by atoms with E-state index in [-0.39, 0.29) is 0 Å². The van der Waals surface area contributed by atoms with E-state index in [1.54, 1.807) is 0 Å². The average Bonchev–Trinajstić information content (AvgIpc) is 2.56. The number of anilines is 2. The molecule has 0 amide bonds. The third-order valence-corrected chi connectivity index (χ3v) is 3.82. The van der Waals surface area contributed by atoms with E-state index >= 15 is 0 Å². The van der Waals surface area contributed by atoms with Crippen LogP contribution in [0.15, 0.2) is 18.2 Å². The van der Waals surface area contributed by atoms with Crippen molar-refractivity contribution in [2.75, 3.05) is 23.7 Å². The second kappa shape index (κ2) is 3.44. The summed E-state index contributed by atoms with van der Waals surface area (Å²) in [4.78, 5) is 2.49. The summed E-state index contributed by atoms with van der Waals surface area (Å²) in [6.07, 6.45) is 5.43. The van der Waals surface area contributed by atoms with Gasteiger partial charge in [0.2, 0.25) is 0 Å². The Balaban J connectivity index is 1.83. The molecule has 1 aliphatic heterocycles. The van der Waals surface area contributed by atoms with Crippen molar-refractivity contribution in [2.24, 2.45) is 5.92 Å². The van der Waals surface area contributed by atoms with Crippen molar-refractivity contribution < 1.29 is 0 Å². The summed E-state index contributed by atoms with van der Waals surface area (Å²) in [7, 11) is 0. The maximum Gasteiger partial charge on any atom is 0.0633 e. The zero-order valence-corrected chi connectivity index (χ0v) is 9.08. The van der Waals surface area contributed by atoms with Crippen molar-refractivity contribution in [3.05, 3.63) is 23.8 Å². The van der Waals surface area contributed by atoms with E-state index in [4.69, 9.17) is 5.73 Å². The van der Waals surface area contributed by atoms with E-state index in [0.29, 0.717) is 0 Å². The Labute approximate surface area is 91.1 Å². The lowest BCUT2D eigenvalue weighted by Crippen LogP contribution is -2.31. The van der Waals surface area contributed by atoms with E-state index < -0.39 is 0 Å². The highest BCUT2D eigenvalue weighted by atomic mass is 15.2. The molecular formula is C13H18N2. The van der Waals surface area contributed by atoms with Gasteiger partial charge in [-0.2, -0.15) is 0 Å². The second-order valence-electron chi connectivity index (χ2n) is 4.85. The standard InChI is InChI=1S/C13H18N2/c14-12-6-2-5-11-7-8-15(13(11)12)9-10-3-1-4-10/h2,5-6,10H,1,3-4,7-9,14H2. The van der Waals surface area contributed by atoms with Crippen LogP contribution >= 0.6 is 0 Å². The Morgan fingerprint density at radius 3 is 2.93 bits per heavy atom. The molecule has 1 saturated carbocycles. The summed E-state index contributed by atoms with van der Waals surface area (Å²) in [6, 6.07) is 6.31. The molecule has 1 heterocycles. The van der Waals surface area contributed by atoms with Gasteiger partial charge in [0, 0.05) is 13.1 Å². The molecule has 1 fully saturated rings. The van der Waals surface area contributed by atoms with Crippen LogP contribution in [0.5, 0.6) is 0 Å². The molecule has 0 spiro atoms. The van der Waals surface area contributed by atoms with Crippen LogP contribution in [0.1, 0.15) is 24.8 Å². The van der Waals surface area contributed by atoms with E-state index in [0.717, 1.165) is 11.6 Å². The van der Waals surface area contributed by atoms with E-state index in [1.165, 1.54) is 50.0 Å². The molecule has 3 rings (SSSR count). The Bertz CT molecular complexity index is 369. The average molecular weight is 202 g/mol. The van der Waals surface area contributed by atoms with Crippen LogP contribution in [0.3, 0.4) is 0 Å². The van der Waals surface area contributed by atoms with E-state index in [9.17, 15) is 0 Å². The van der Waals surface area contributed by atoms with Gasteiger partial charge >= 0.3 is 0 Å². The Morgan fingerprint density at radius 2 is 2.20 bits per heavy atom. The molecule has 0 saturated heterocycles. The van der Waals surface area contributed by atoms with Gasteiger partial charge in [0.05, 0.1) is 11.4 Å². The zero-order valence-electron chi connectivity index (χ0n) is 9.08. The topological polar surface area (TPSA) is 29.3 Å². The molecule has 80 valence electrons. The third-order valence-electron chi connectivity index (χ3n) is 3.82. The van der Waals surface area contributed by atoms with Crippen molar-refractivity contribution in [3.63, 3.8) is 0 Å². The SMILES string of the molecule is Nc1cccc2c1N(CC1CCC1)CC2. The number of para-hydroxylation sites is 1. The summed E-state index contributed by atoms with van der Waals surface area (Å²) in [5.41, 5.74) is 9.78. The number of nitrogen functional groups attached to an aromatic ring is 1. The first-order chi connectivity index (χ1) is 7.34. The molecule has 2 nitrogen and oxygen atoms in total. The van der Waals surface area contributed by atoms with Crippen LogP contribution in [0.4, 0.5) is 11.4 Å². The predicted molar refractivity (Wildman–Crippen MR) is 64.1 cm³/mol. The smallest absolute Gasteiger partial charge is 0.0633 e.